The molecule has 0 aliphatic carbocycles. The van der Waals surface area contributed by atoms with Gasteiger partial charge in [0.05, 0.1) is 6.57 Å². The van der Waals surface area contributed by atoms with Crippen molar-refractivity contribution in [3.05, 3.63) is 33.4 Å². The zero-order valence-electron chi connectivity index (χ0n) is 4.50. The van der Waals surface area contributed by atoms with E-state index in [0.29, 0.717) is 5.69 Å². The highest BCUT2D eigenvalue weighted by Crippen LogP contribution is 2.17. The van der Waals surface area contributed by atoms with Gasteiger partial charge in [0.15, 0.2) is 0 Å². The Balaban J connectivity index is 3.20. The van der Waals surface area contributed by atoms with Gasteiger partial charge in [0.25, 0.3) is 0 Å². The molecule has 2 nitrogen and oxygen atoms in total. The maximum Gasteiger partial charge on any atom is 0.218 e. The van der Waals surface area contributed by atoms with Crippen LogP contribution in [0.5, 0.6) is 0 Å². The Morgan fingerprint density at radius 1 is 1.67 bits per heavy atom. The molecule has 0 aromatic carbocycles. The van der Waals surface area contributed by atoms with E-state index >= 15 is 0 Å². The molecule has 1 aromatic heterocycles. The molecule has 0 radical (unpaired) electrons. The predicted molar refractivity (Wildman–Crippen MR) is 43.2 cm³/mol. The summed E-state index contributed by atoms with van der Waals surface area (Å²) in [5, 5.41) is 0. The lowest BCUT2D eigenvalue weighted by atomic mass is 10.4. The van der Waals surface area contributed by atoms with Crippen molar-refractivity contribution in [3.63, 3.8) is 0 Å². The van der Waals surface area contributed by atoms with Gasteiger partial charge in [-0.1, -0.05) is 22.6 Å². The zero-order valence-corrected chi connectivity index (χ0v) is 6.66. The van der Waals surface area contributed by atoms with Gasteiger partial charge in [-0.05, 0) is 6.07 Å². The number of aromatic nitrogens is 1. The highest BCUT2D eigenvalue weighted by Gasteiger charge is 1.93. The first-order valence-corrected chi connectivity index (χ1v) is 3.39. The zero-order chi connectivity index (χ0) is 6.69. The second kappa shape index (κ2) is 2.78. The monoisotopic (exact) mass is 230 g/mol. The van der Waals surface area contributed by atoms with Crippen molar-refractivity contribution in [1.29, 1.82) is 0 Å². The summed E-state index contributed by atoms with van der Waals surface area (Å²) in [6.07, 6.45) is 3.24. The molecule has 0 fully saturated rings. The maximum atomic E-state index is 6.66. The molecular formula is C6H3IN2. The number of hydrogen-bond donors (Lipinski definition) is 0. The molecule has 0 saturated carbocycles. The van der Waals surface area contributed by atoms with Gasteiger partial charge in [0.1, 0.15) is 0 Å². The summed E-state index contributed by atoms with van der Waals surface area (Å²) >= 11 is 2.11. The molecule has 0 spiro atoms. The van der Waals surface area contributed by atoms with Crippen molar-refractivity contribution in [3.8, 4) is 0 Å². The van der Waals surface area contributed by atoms with Crippen molar-refractivity contribution < 1.29 is 0 Å². The standard InChI is InChI=1S/C6H3IN2/c1-8-6-4-9-3-2-5(6)7/h2-4H. The van der Waals surface area contributed by atoms with Gasteiger partial charge < -0.3 is 0 Å². The van der Waals surface area contributed by atoms with Crippen molar-refractivity contribution >= 4 is 28.3 Å². The van der Waals surface area contributed by atoms with Crippen LogP contribution in [-0.4, -0.2) is 4.98 Å². The first-order valence-electron chi connectivity index (χ1n) is 2.31. The second-order valence-corrected chi connectivity index (χ2v) is 2.60. The molecule has 0 bridgehead atoms. The largest absolute Gasteiger partial charge is 0.276 e. The average Bonchev–Trinajstić information content (AvgIpc) is 1.89. The summed E-state index contributed by atoms with van der Waals surface area (Å²) in [6, 6.07) is 1.81. The number of rotatable bonds is 0. The minimum Gasteiger partial charge on any atom is -0.276 e. The molecule has 1 rings (SSSR count). The summed E-state index contributed by atoms with van der Waals surface area (Å²) in [6.45, 7) is 6.66. The third-order valence-corrected chi connectivity index (χ3v) is 1.78. The van der Waals surface area contributed by atoms with Crippen LogP contribution in [0.4, 0.5) is 5.69 Å². The van der Waals surface area contributed by atoms with Gasteiger partial charge in [-0.15, -0.1) is 0 Å². The van der Waals surface area contributed by atoms with Gasteiger partial charge in [0.2, 0.25) is 5.69 Å². The number of nitrogens with zero attached hydrogens (tertiary/aromatic N) is 2. The van der Waals surface area contributed by atoms with E-state index in [1.807, 2.05) is 6.07 Å². The lowest BCUT2D eigenvalue weighted by Gasteiger charge is -1.88. The van der Waals surface area contributed by atoms with E-state index < -0.39 is 0 Å². The van der Waals surface area contributed by atoms with Crippen molar-refractivity contribution in [1.82, 2.24) is 4.98 Å². The minimum absolute atomic E-state index is 0.623. The lowest BCUT2D eigenvalue weighted by molar-refractivity contribution is 1.33. The highest BCUT2D eigenvalue weighted by molar-refractivity contribution is 14.1. The third-order valence-electron chi connectivity index (χ3n) is 0.869. The fourth-order valence-corrected chi connectivity index (χ4v) is 0.872. The predicted octanol–water partition coefficient (Wildman–Crippen LogP) is 2.24. The summed E-state index contributed by atoms with van der Waals surface area (Å²) in [5.41, 5.74) is 0.623. The van der Waals surface area contributed by atoms with Crippen LogP contribution in [0.2, 0.25) is 0 Å². The van der Waals surface area contributed by atoms with E-state index in [1.54, 1.807) is 12.4 Å². The molecule has 0 saturated heterocycles. The molecule has 0 amide bonds. The maximum absolute atomic E-state index is 6.66. The van der Waals surface area contributed by atoms with Crippen LogP contribution < -0.4 is 0 Å². The molecule has 0 N–H and O–H groups in total. The molecular weight excluding hydrogens is 227 g/mol. The Labute approximate surface area is 66.9 Å². The van der Waals surface area contributed by atoms with Crippen molar-refractivity contribution in [2.45, 2.75) is 0 Å². The van der Waals surface area contributed by atoms with Crippen LogP contribution >= 0.6 is 22.6 Å². The fourth-order valence-electron chi connectivity index (χ4n) is 0.451. The van der Waals surface area contributed by atoms with Gasteiger partial charge in [-0.2, -0.15) is 0 Å². The molecule has 1 heterocycles. The number of pyridine rings is 1. The minimum atomic E-state index is 0.623. The summed E-state index contributed by atoms with van der Waals surface area (Å²) in [5.74, 6) is 0. The fraction of sp³-hybridized carbons (Fsp3) is 0. The SMILES string of the molecule is [C-]#[N+]c1cnccc1I. The van der Waals surface area contributed by atoms with Crippen LogP contribution in [0.15, 0.2) is 18.5 Å². The van der Waals surface area contributed by atoms with E-state index in [4.69, 9.17) is 6.57 Å². The quantitative estimate of drug-likeness (QED) is 0.493. The number of halogens is 1. The Morgan fingerprint density at radius 2 is 2.44 bits per heavy atom. The lowest BCUT2D eigenvalue weighted by Crippen LogP contribution is -1.71. The molecule has 1 aromatic rings. The van der Waals surface area contributed by atoms with Crippen molar-refractivity contribution in [2.75, 3.05) is 0 Å². The Bertz CT molecular complexity index is 251. The smallest absolute Gasteiger partial charge is 0.218 e. The van der Waals surface area contributed by atoms with Gasteiger partial charge in [-0.25, -0.2) is 4.85 Å². The molecule has 9 heavy (non-hydrogen) atoms. The number of hydrogen-bond acceptors (Lipinski definition) is 1. The summed E-state index contributed by atoms with van der Waals surface area (Å²) in [4.78, 5) is 7.05. The molecule has 0 unspecified atom stereocenters. The topological polar surface area (TPSA) is 17.2 Å². The molecule has 0 aliphatic rings. The molecule has 44 valence electrons. The average molecular weight is 230 g/mol. The van der Waals surface area contributed by atoms with Gasteiger partial charge >= 0.3 is 0 Å². The second-order valence-electron chi connectivity index (χ2n) is 1.44. The van der Waals surface area contributed by atoms with E-state index in [-0.39, 0.29) is 0 Å². The van der Waals surface area contributed by atoms with Crippen LogP contribution in [0.25, 0.3) is 4.85 Å². The Morgan fingerprint density at radius 3 is 2.89 bits per heavy atom. The van der Waals surface area contributed by atoms with Crippen LogP contribution in [0.3, 0.4) is 0 Å². The summed E-state index contributed by atoms with van der Waals surface area (Å²) in [7, 11) is 0. The van der Waals surface area contributed by atoms with Crippen molar-refractivity contribution in [2.24, 2.45) is 0 Å². The first kappa shape index (κ1) is 6.49. The van der Waals surface area contributed by atoms with Crippen LogP contribution in [0.1, 0.15) is 0 Å². The molecule has 0 aliphatic heterocycles. The Hall–Kier alpha value is -0.630. The van der Waals surface area contributed by atoms with E-state index in [2.05, 4.69) is 32.4 Å². The molecule has 3 heteroatoms. The normalized spacial score (nSPS) is 8.44. The van der Waals surface area contributed by atoms with E-state index in [9.17, 15) is 0 Å². The first-order chi connectivity index (χ1) is 4.34. The summed E-state index contributed by atoms with van der Waals surface area (Å²) < 4.78 is 0.956. The highest BCUT2D eigenvalue weighted by atomic mass is 127. The third kappa shape index (κ3) is 1.39. The van der Waals surface area contributed by atoms with E-state index in [1.165, 1.54) is 0 Å². The van der Waals surface area contributed by atoms with Gasteiger partial charge in [0, 0.05) is 16.0 Å². The van der Waals surface area contributed by atoms with E-state index in [0.717, 1.165) is 3.57 Å². The van der Waals surface area contributed by atoms with Crippen LogP contribution in [0, 0.1) is 10.1 Å². The van der Waals surface area contributed by atoms with Crippen LogP contribution in [-0.2, 0) is 0 Å². The Kier molecular flexibility index (Phi) is 2.01. The van der Waals surface area contributed by atoms with Gasteiger partial charge in [-0.3, -0.25) is 4.98 Å². The molecule has 0 atom stereocenters.